The average molecular weight is 435 g/mol. The Morgan fingerprint density at radius 3 is 2.34 bits per heavy atom. The Morgan fingerprint density at radius 1 is 1.00 bits per heavy atom. The maximum Gasteiger partial charge on any atom is 0.335 e. The van der Waals surface area contributed by atoms with Gasteiger partial charge >= 0.3 is 5.97 Å². The van der Waals surface area contributed by atoms with Crippen molar-refractivity contribution in [3.8, 4) is 17.3 Å². The summed E-state index contributed by atoms with van der Waals surface area (Å²) in [6.45, 7) is 0. The summed E-state index contributed by atoms with van der Waals surface area (Å²) in [5, 5.41) is 13.9. The molecular formula is C20H10Cl2F2N2O3. The van der Waals surface area contributed by atoms with Crippen molar-refractivity contribution in [2.24, 2.45) is 0 Å². The van der Waals surface area contributed by atoms with Crippen LogP contribution in [0.2, 0.25) is 10.0 Å². The predicted octanol–water partition coefficient (Wildman–Crippen LogP) is 6.10. The monoisotopic (exact) mass is 434 g/mol. The van der Waals surface area contributed by atoms with Crippen LogP contribution in [0.1, 0.15) is 10.4 Å². The van der Waals surface area contributed by atoms with Crippen LogP contribution in [0, 0.1) is 11.6 Å². The van der Waals surface area contributed by atoms with Crippen LogP contribution in [-0.4, -0.2) is 20.9 Å². The molecule has 0 spiro atoms. The van der Waals surface area contributed by atoms with Gasteiger partial charge in [0.05, 0.1) is 21.0 Å². The van der Waals surface area contributed by atoms with Crippen molar-refractivity contribution in [2.75, 3.05) is 0 Å². The maximum absolute atomic E-state index is 14.6. The second-order valence-corrected chi connectivity index (χ2v) is 6.79. The number of hydrogen-bond donors (Lipinski definition) is 1. The molecule has 0 bridgehead atoms. The lowest BCUT2D eigenvalue weighted by Gasteiger charge is -2.07. The van der Waals surface area contributed by atoms with Crippen LogP contribution in [-0.2, 0) is 0 Å². The van der Waals surface area contributed by atoms with Crippen molar-refractivity contribution >= 4 is 40.1 Å². The number of aromatic nitrogens is 2. The molecule has 0 aliphatic rings. The molecule has 146 valence electrons. The normalized spacial score (nSPS) is 11.0. The molecule has 0 aliphatic heterocycles. The molecular weight excluding hydrogens is 425 g/mol. The number of carbonyl (C=O) groups is 1. The quantitative estimate of drug-likeness (QED) is 0.421. The van der Waals surface area contributed by atoms with Gasteiger partial charge in [-0.2, -0.15) is 0 Å². The fourth-order valence-corrected chi connectivity index (χ4v) is 3.31. The summed E-state index contributed by atoms with van der Waals surface area (Å²) in [7, 11) is 0. The lowest BCUT2D eigenvalue weighted by molar-refractivity contribution is 0.0696. The van der Waals surface area contributed by atoms with E-state index < -0.39 is 17.6 Å². The summed E-state index contributed by atoms with van der Waals surface area (Å²) in [6, 6.07) is 12.2. The van der Waals surface area contributed by atoms with Gasteiger partial charge in [0.1, 0.15) is 22.8 Å². The largest absolute Gasteiger partial charge is 0.478 e. The Bertz CT molecular complexity index is 1250. The number of para-hydroxylation sites is 2. The molecule has 0 fully saturated rings. The van der Waals surface area contributed by atoms with Gasteiger partial charge in [-0.15, -0.1) is 5.10 Å². The van der Waals surface area contributed by atoms with E-state index in [0.717, 1.165) is 10.7 Å². The van der Waals surface area contributed by atoms with E-state index >= 15 is 0 Å². The molecule has 4 rings (SSSR count). The lowest BCUT2D eigenvalue weighted by atomic mass is 10.2. The first-order valence-corrected chi connectivity index (χ1v) is 8.94. The van der Waals surface area contributed by atoms with E-state index in [0.29, 0.717) is 0 Å². The van der Waals surface area contributed by atoms with Gasteiger partial charge in [-0.05, 0) is 42.5 Å². The second kappa shape index (κ2) is 7.35. The zero-order chi connectivity index (χ0) is 20.7. The highest BCUT2D eigenvalue weighted by Gasteiger charge is 2.21. The number of ether oxygens (including phenoxy) is 1. The van der Waals surface area contributed by atoms with Crippen LogP contribution >= 0.6 is 23.2 Å². The van der Waals surface area contributed by atoms with E-state index in [1.54, 1.807) is 24.3 Å². The van der Waals surface area contributed by atoms with E-state index in [2.05, 4.69) is 5.10 Å². The molecule has 1 N–H and O–H groups in total. The van der Waals surface area contributed by atoms with Crippen LogP contribution in [0.5, 0.6) is 11.6 Å². The molecule has 0 saturated carbocycles. The van der Waals surface area contributed by atoms with E-state index in [9.17, 15) is 13.6 Å². The molecule has 5 nitrogen and oxygen atoms in total. The zero-order valence-electron chi connectivity index (χ0n) is 14.4. The number of fused-ring (bicyclic) bond motifs is 1. The van der Waals surface area contributed by atoms with Crippen molar-refractivity contribution in [3.63, 3.8) is 0 Å². The SMILES string of the molecule is O=C(O)c1ccc(-n2nc(Oc3c(Cl)cccc3Cl)c3cccc(F)c32)c(F)c1. The standard InChI is InChI=1S/C20H10Cl2F2N2O3/c21-12-4-2-5-13(22)18(12)29-19-11-3-1-6-14(23)17(11)26(25-19)16-8-7-10(20(27)28)9-15(16)24/h1-9H,(H,27,28). The first-order chi connectivity index (χ1) is 13.9. The smallest absolute Gasteiger partial charge is 0.335 e. The van der Waals surface area contributed by atoms with E-state index in [4.69, 9.17) is 33.0 Å². The van der Waals surface area contributed by atoms with Gasteiger partial charge in [-0.3, -0.25) is 0 Å². The average Bonchev–Trinajstić information content (AvgIpc) is 3.04. The van der Waals surface area contributed by atoms with E-state index in [-0.39, 0.29) is 43.8 Å². The molecule has 0 atom stereocenters. The fourth-order valence-electron chi connectivity index (χ4n) is 2.84. The van der Waals surface area contributed by atoms with E-state index in [1.807, 2.05) is 0 Å². The van der Waals surface area contributed by atoms with Gasteiger partial charge in [0.15, 0.2) is 5.75 Å². The minimum atomic E-state index is -1.29. The molecule has 1 aromatic heterocycles. The minimum Gasteiger partial charge on any atom is -0.478 e. The predicted molar refractivity (Wildman–Crippen MR) is 104 cm³/mol. The third kappa shape index (κ3) is 3.39. The maximum atomic E-state index is 14.6. The molecule has 0 aliphatic carbocycles. The highest BCUT2D eigenvalue weighted by atomic mass is 35.5. The van der Waals surface area contributed by atoms with Crippen molar-refractivity contribution in [1.82, 2.24) is 9.78 Å². The van der Waals surface area contributed by atoms with Crippen molar-refractivity contribution in [2.45, 2.75) is 0 Å². The third-order valence-corrected chi connectivity index (χ3v) is 4.76. The Labute approximate surface area is 172 Å². The third-order valence-electron chi connectivity index (χ3n) is 4.16. The number of aromatic carboxylic acids is 1. The fraction of sp³-hybridized carbons (Fsp3) is 0. The molecule has 3 aromatic carbocycles. The van der Waals surface area contributed by atoms with Crippen LogP contribution in [0.4, 0.5) is 8.78 Å². The first-order valence-electron chi connectivity index (χ1n) is 8.19. The van der Waals surface area contributed by atoms with Gasteiger partial charge in [-0.25, -0.2) is 18.3 Å². The number of nitrogens with zero attached hydrogens (tertiary/aromatic N) is 2. The molecule has 0 saturated heterocycles. The van der Waals surface area contributed by atoms with Crippen LogP contribution in [0.25, 0.3) is 16.6 Å². The van der Waals surface area contributed by atoms with Crippen LogP contribution in [0.3, 0.4) is 0 Å². The summed E-state index contributed by atoms with van der Waals surface area (Å²) in [5.74, 6) is -2.77. The summed E-state index contributed by atoms with van der Waals surface area (Å²) >= 11 is 12.2. The van der Waals surface area contributed by atoms with Crippen molar-refractivity contribution < 1.29 is 23.4 Å². The molecule has 29 heavy (non-hydrogen) atoms. The topological polar surface area (TPSA) is 64.3 Å². The highest BCUT2D eigenvalue weighted by Crippen LogP contribution is 2.39. The van der Waals surface area contributed by atoms with Gasteiger partial charge < -0.3 is 9.84 Å². The number of hydrogen-bond acceptors (Lipinski definition) is 3. The molecule has 0 radical (unpaired) electrons. The Hall–Kier alpha value is -3.16. The zero-order valence-corrected chi connectivity index (χ0v) is 15.9. The highest BCUT2D eigenvalue weighted by molar-refractivity contribution is 6.37. The summed E-state index contributed by atoms with van der Waals surface area (Å²) in [5.41, 5.74) is -0.444. The summed E-state index contributed by atoms with van der Waals surface area (Å²) < 4.78 is 35.9. The molecule has 4 aromatic rings. The number of carboxylic acids is 1. The van der Waals surface area contributed by atoms with Crippen molar-refractivity contribution in [3.05, 3.63) is 81.8 Å². The summed E-state index contributed by atoms with van der Waals surface area (Å²) in [4.78, 5) is 11.0. The number of rotatable bonds is 4. The Morgan fingerprint density at radius 2 is 1.69 bits per heavy atom. The van der Waals surface area contributed by atoms with Crippen LogP contribution in [0.15, 0.2) is 54.6 Å². The lowest BCUT2D eigenvalue weighted by Crippen LogP contribution is -2.04. The second-order valence-electron chi connectivity index (χ2n) is 5.98. The molecule has 0 amide bonds. The molecule has 1 heterocycles. The van der Waals surface area contributed by atoms with Crippen molar-refractivity contribution in [1.29, 1.82) is 0 Å². The molecule has 9 heteroatoms. The Balaban J connectivity index is 1.92. The minimum absolute atomic E-state index is 0.0452. The van der Waals surface area contributed by atoms with Gasteiger partial charge in [0, 0.05) is 0 Å². The number of carboxylic acid groups (broad SMARTS) is 1. The number of benzene rings is 3. The van der Waals surface area contributed by atoms with E-state index in [1.165, 1.54) is 24.3 Å². The Kier molecular flexibility index (Phi) is 4.86. The van der Waals surface area contributed by atoms with Crippen LogP contribution < -0.4 is 4.74 Å². The van der Waals surface area contributed by atoms with Gasteiger partial charge in [-0.1, -0.05) is 35.3 Å². The van der Waals surface area contributed by atoms with Gasteiger partial charge in [0.2, 0.25) is 5.88 Å². The summed E-state index contributed by atoms with van der Waals surface area (Å²) in [6.07, 6.45) is 0. The van der Waals surface area contributed by atoms with Gasteiger partial charge in [0.25, 0.3) is 0 Å². The molecule has 0 unspecified atom stereocenters. The number of halogens is 4. The first kappa shape index (κ1) is 19.2.